The van der Waals surface area contributed by atoms with Crippen molar-refractivity contribution >= 4 is 11.8 Å². The van der Waals surface area contributed by atoms with E-state index in [4.69, 9.17) is 0 Å². The normalized spacial score (nSPS) is 23.4. The molecule has 2 rings (SSSR count). The van der Waals surface area contributed by atoms with Crippen LogP contribution in [0.4, 0.5) is 0 Å². The number of hydrogen-bond acceptors (Lipinski definition) is 2. The molecule has 0 radical (unpaired) electrons. The van der Waals surface area contributed by atoms with E-state index in [-0.39, 0.29) is 29.3 Å². The summed E-state index contributed by atoms with van der Waals surface area (Å²) >= 11 is 0. The zero-order valence-corrected chi connectivity index (χ0v) is 13.5. The second-order valence-corrected chi connectivity index (χ2v) is 6.91. The summed E-state index contributed by atoms with van der Waals surface area (Å²) < 4.78 is 0. The van der Waals surface area contributed by atoms with Crippen molar-refractivity contribution in [2.75, 3.05) is 13.6 Å². The minimum atomic E-state index is -0.228. The lowest BCUT2D eigenvalue weighted by atomic mass is 9.86. The van der Waals surface area contributed by atoms with Crippen molar-refractivity contribution in [3.05, 3.63) is 35.9 Å². The zero-order chi connectivity index (χ0) is 15.8. The summed E-state index contributed by atoms with van der Waals surface area (Å²) in [5.74, 6) is -0.0741. The van der Waals surface area contributed by atoms with Gasteiger partial charge in [0.1, 0.15) is 6.17 Å². The topological polar surface area (TPSA) is 40.6 Å². The van der Waals surface area contributed by atoms with Gasteiger partial charge in [0.15, 0.2) is 0 Å². The van der Waals surface area contributed by atoms with Crippen molar-refractivity contribution in [3.8, 4) is 0 Å². The van der Waals surface area contributed by atoms with Crippen LogP contribution in [0.3, 0.4) is 0 Å². The summed E-state index contributed by atoms with van der Waals surface area (Å²) in [6.07, 6.45) is -0.228. The third kappa shape index (κ3) is 2.94. The molecule has 0 saturated carbocycles. The molecule has 0 aromatic heterocycles. The summed E-state index contributed by atoms with van der Waals surface area (Å²) in [4.78, 5) is 28.7. The highest BCUT2D eigenvalue weighted by molar-refractivity contribution is 5.95. The maximum Gasteiger partial charge on any atom is 0.255 e. The third-order valence-electron chi connectivity index (χ3n) is 3.96. The number of nitrogens with zero attached hydrogens (tertiary/aromatic N) is 2. The molecule has 1 aliphatic rings. The van der Waals surface area contributed by atoms with E-state index in [1.165, 1.54) is 0 Å². The van der Waals surface area contributed by atoms with Crippen molar-refractivity contribution in [1.82, 2.24) is 9.80 Å². The number of rotatable bonds is 1. The fourth-order valence-electron chi connectivity index (χ4n) is 3.14. The van der Waals surface area contributed by atoms with Crippen LogP contribution in [-0.2, 0) is 4.79 Å². The average Bonchev–Trinajstić information content (AvgIpc) is 2.43. The quantitative estimate of drug-likeness (QED) is 0.797. The summed E-state index contributed by atoms with van der Waals surface area (Å²) in [5.41, 5.74) is 0.469. The number of benzene rings is 1. The predicted molar refractivity (Wildman–Crippen MR) is 82.7 cm³/mol. The minimum Gasteiger partial charge on any atom is -0.324 e. The monoisotopic (exact) mass is 288 g/mol. The third-order valence-corrected chi connectivity index (χ3v) is 3.96. The molecule has 0 aliphatic carbocycles. The highest BCUT2D eigenvalue weighted by atomic mass is 16.2. The Labute approximate surface area is 126 Å². The summed E-state index contributed by atoms with van der Waals surface area (Å²) in [7, 11) is 1.79. The molecule has 4 nitrogen and oxygen atoms in total. The Morgan fingerprint density at radius 2 is 1.76 bits per heavy atom. The molecular formula is C17H24N2O2. The van der Waals surface area contributed by atoms with Crippen LogP contribution in [-0.4, -0.2) is 41.4 Å². The van der Waals surface area contributed by atoms with Gasteiger partial charge >= 0.3 is 0 Å². The van der Waals surface area contributed by atoms with Gasteiger partial charge in [-0.3, -0.25) is 9.59 Å². The van der Waals surface area contributed by atoms with Gasteiger partial charge in [0.05, 0.1) is 5.92 Å². The smallest absolute Gasteiger partial charge is 0.255 e. The SMILES string of the molecule is C[C@@H]1CN(C(=O)c2ccccc2)[C@@H](C(C)(C)C)N(C)C1=O. The van der Waals surface area contributed by atoms with Gasteiger partial charge in [0.25, 0.3) is 5.91 Å². The molecule has 2 amide bonds. The molecule has 0 spiro atoms. The summed E-state index contributed by atoms with van der Waals surface area (Å²) in [6.45, 7) is 8.52. The largest absolute Gasteiger partial charge is 0.324 e. The van der Waals surface area contributed by atoms with Crippen molar-refractivity contribution in [1.29, 1.82) is 0 Å². The van der Waals surface area contributed by atoms with Gasteiger partial charge in [-0.05, 0) is 12.1 Å². The lowest BCUT2D eigenvalue weighted by Crippen LogP contribution is -2.64. The van der Waals surface area contributed by atoms with Crippen molar-refractivity contribution in [2.24, 2.45) is 11.3 Å². The van der Waals surface area contributed by atoms with Crippen LogP contribution >= 0.6 is 0 Å². The van der Waals surface area contributed by atoms with E-state index < -0.39 is 0 Å². The Hall–Kier alpha value is -1.84. The van der Waals surface area contributed by atoms with Crippen LogP contribution in [0.5, 0.6) is 0 Å². The van der Waals surface area contributed by atoms with E-state index in [1.54, 1.807) is 11.9 Å². The highest BCUT2D eigenvalue weighted by Gasteiger charge is 2.44. The number of carbonyl (C=O) groups excluding carboxylic acids is 2. The minimum absolute atomic E-state index is 0.0123. The fourth-order valence-corrected chi connectivity index (χ4v) is 3.14. The van der Waals surface area contributed by atoms with Crippen molar-refractivity contribution < 1.29 is 9.59 Å². The fraction of sp³-hybridized carbons (Fsp3) is 0.529. The van der Waals surface area contributed by atoms with E-state index in [0.717, 1.165) is 0 Å². The highest BCUT2D eigenvalue weighted by Crippen LogP contribution is 2.32. The molecule has 1 aliphatic heterocycles. The van der Waals surface area contributed by atoms with Crippen molar-refractivity contribution in [3.63, 3.8) is 0 Å². The van der Waals surface area contributed by atoms with Crippen LogP contribution in [0, 0.1) is 11.3 Å². The molecule has 114 valence electrons. The molecular weight excluding hydrogens is 264 g/mol. The van der Waals surface area contributed by atoms with Gasteiger partial charge in [0.2, 0.25) is 5.91 Å². The second kappa shape index (κ2) is 5.51. The molecule has 1 saturated heterocycles. The van der Waals surface area contributed by atoms with E-state index in [2.05, 4.69) is 20.8 Å². The van der Waals surface area contributed by atoms with Crippen molar-refractivity contribution in [2.45, 2.75) is 33.9 Å². The van der Waals surface area contributed by atoms with E-state index in [9.17, 15) is 9.59 Å². The van der Waals surface area contributed by atoms with Crippen LogP contribution < -0.4 is 0 Å². The number of amides is 2. The molecule has 0 unspecified atom stereocenters. The first-order chi connectivity index (χ1) is 9.73. The number of carbonyl (C=O) groups is 2. The van der Waals surface area contributed by atoms with Gasteiger partial charge < -0.3 is 9.80 Å². The molecule has 1 heterocycles. The number of hydrogen-bond donors (Lipinski definition) is 0. The van der Waals surface area contributed by atoms with Gasteiger partial charge in [-0.1, -0.05) is 45.9 Å². The maximum absolute atomic E-state index is 12.8. The standard InChI is InChI=1S/C17H24N2O2/c1-12-11-19(15(21)13-9-7-6-8-10-13)16(17(2,3)4)18(5)14(12)20/h6-10,12,16H,11H2,1-5H3/t12-,16+/m1/s1. The molecule has 2 atom stereocenters. The first-order valence-corrected chi connectivity index (χ1v) is 7.36. The van der Waals surface area contributed by atoms with Crippen LogP contribution in [0.25, 0.3) is 0 Å². The van der Waals surface area contributed by atoms with Gasteiger partial charge in [-0.25, -0.2) is 0 Å². The van der Waals surface area contributed by atoms with E-state index in [1.807, 2.05) is 42.2 Å². The first kappa shape index (κ1) is 15.5. The Balaban J connectivity index is 2.39. The van der Waals surface area contributed by atoms with Gasteiger partial charge in [-0.2, -0.15) is 0 Å². The molecule has 4 heteroatoms. The Morgan fingerprint density at radius 3 is 2.29 bits per heavy atom. The van der Waals surface area contributed by atoms with Crippen LogP contribution in [0.2, 0.25) is 0 Å². The summed E-state index contributed by atoms with van der Waals surface area (Å²) in [6, 6.07) is 9.27. The average molecular weight is 288 g/mol. The molecule has 1 aromatic rings. The Bertz CT molecular complexity index is 533. The summed E-state index contributed by atoms with van der Waals surface area (Å²) in [5, 5.41) is 0. The molecule has 1 fully saturated rings. The molecule has 0 bridgehead atoms. The molecule has 0 N–H and O–H groups in total. The van der Waals surface area contributed by atoms with E-state index >= 15 is 0 Å². The molecule has 21 heavy (non-hydrogen) atoms. The lowest BCUT2D eigenvalue weighted by Gasteiger charge is -2.50. The predicted octanol–water partition coefficient (Wildman–Crippen LogP) is 2.61. The second-order valence-electron chi connectivity index (χ2n) is 6.91. The van der Waals surface area contributed by atoms with Gasteiger partial charge in [0, 0.05) is 24.6 Å². The molecule has 1 aromatic carbocycles. The zero-order valence-electron chi connectivity index (χ0n) is 13.5. The van der Waals surface area contributed by atoms with Crippen LogP contribution in [0.15, 0.2) is 30.3 Å². The first-order valence-electron chi connectivity index (χ1n) is 7.36. The Kier molecular flexibility index (Phi) is 4.08. The lowest BCUT2D eigenvalue weighted by molar-refractivity contribution is -0.151. The van der Waals surface area contributed by atoms with E-state index in [0.29, 0.717) is 12.1 Å². The van der Waals surface area contributed by atoms with Gasteiger partial charge in [-0.15, -0.1) is 0 Å². The van der Waals surface area contributed by atoms with Crippen LogP contribution in [0.1, 0.15) is 38.1 Å². The maximum atomic E-state index is 12.8. The Morgan fingerprint density at radius 1 is 1.19 bits per heavy atom.